The fraction of sp³-hybridized carbons (Fsp3) is 0.462. The molecular formula is C13H16BrNO2. The van der Waals surface area contributed by atoms with E-state index in [0.717, 1.165) is 16.6 Å². The largest absolute Gasteiger partial charge is 0.465 e. The number of benzene rings is 1. The molecule has 0 aromatic heterocycles. The Bertz CT molecular complexity index is 441. The van der Waals surface area contributed by atoms with Crippen LogP contribution in [0.25, 0.3) is 0 Å². The third kappa shape index (κ3) is 3.07. The van der Waals surface area contributed by atoms with Gasteiger partial charge < -0.3 is 10.1 Å². The number of nitrogens with one attached hydrogen (secondary N) is 1. The van der Waals surface area contributed by atoms with E-state index in [2.05, 4.69) is 32.9 Å². The molecule has 0 bridgehead atoms. The molecule has 1 saturated carbocycles. The Morgan fingerprint density at radius 3 is 2.76 bits per heavy atom. The van der Waals surface area contributed by atoms with Crippen LogP contribution in [0, 0.1) is 0 Å². The second kappa shape index (κ2) is 4.78. The summed E-state index contributed by atoms with van der Waals surface area (Å²) in [6, 6.07) is 5.55. The zero-order valence-electron chi connectivity index (χ0n) is 10.0. The van der Waals surface area contributed by atoms with Crippen molar-refractivity contribution in [3.63, 3.8) is 0 Å². The summed E-state index contributed by atoms with van der Waals surface area (Å²) >= 11 is 3.48. The molecule has 0 radical (unpaired) electrons. The molecule has 0 spiro atoms. The van der Waals surface area contributed by atoms with E-state index in [1.165, 1.54) is 20.0 Å². The standard InChI is InChI=1S/C13H16BrNO2/c1-13(5-6-13)15-8-10-4-3-9(7-11(10)14)12(16)17-2/h3-4,7,15H,5-6,8H2,1-2H3. The smallest absolute Gasteiger partial charge is 0.337 e. The molecule has 2 rings (SSSR count). The first-order chi connectivity index (χ1) is 8.04. The molecule has 4 heteroatoms. The third-order valence-electron chi connectivity index (χ3n) is 3.18. The summed E-state index contributed by atoms with van der Waals surface area (Å²) in [4.78, 5) is 11.3. The van der Waals surface area contributed by atoms with Crippen molar-refractivity contribution in [1.82, 2.24) is 5.32 Å². The Morgan fingerprint density at radius 1 is 1.53 bits per heavy atom. The summed E-state index contributed by atoms with van der Waals surface area (Å²) in [7, 11) is 1.39. The van der Waals surface area contributed by atoms with Crippen molar-refractivity contribution in [2.75, 3.05) is 7.11 Å². The number of carbonyl (C=O) groups excluding carboxylic acids is 1. The molecule has 92 valence electrons. The van der Waals surface area contributed by atoms with Gasteiger partial charge in [0.2, 0.25) is 0 Å². The molecule has 1 N–H and O–H groups in total. The van der Waals surface area contributed by atoms with Crippen molar-refractivity contribution in [3.8, 4) is 0 Å². The minimum atomic E-state index is -0.306. The molecule has 17 heavy (non-hydrogen) atoms. The van der Waals surface area contributed by atoms with E-state index >= 15 is 0 Å². The van der Waals surface area contributed by atoms with E-state index in [4.69, 9.17) is 0 Å². The van der Waals surface area contributed by atoms with E-state index in [1.807, 2.05) is 6.07 Å². The zero-order valence-corrected chi connectivity index (χ0v) is 11.6. The normalized spacial score (nSPS) is 16.6. The number of methoxy groups -OCH3 is 1. The van der Waals surface area contributed by atoms with Gasteiger partial charge in [-0.2, -0.15) is 0 Å². The highest BCUT2D eigenvalue weighted by Gasteiger charge is 2.36. The Kier molecular flexibility index (Phi) is 3.54. The number of hydrogen-bond donors (Lipinski definition) is 1. The Morgan fingerprint density at radius 2 is 2.24 bits per heavy atom. The lowest BCUT2D eigenvalue weighted by Crippen LogP contribution is -2.27. The van der Waals surface area contributed by atoms with Crippen molar-refractivity contribution in [2.24, 2.45) is 0 Å². The quantitative estimate of drug-likeness (QED) is 0.869. The fourth-order valence-corrected chi connectivity index (χ4v) is 2.13. The third-order valence-corrected chi connectivity index (χ3v) is 3.92. The van der Waals surface area contributed by atoms with Gasteiger partial charge in [0.25, 0.3) is 0 Å². The van der Waals surface area contributed by atoms with E-state index < -0.39 is 0 Å². The lowest BCUT2D eigenvalue weighted by molar-refractivity contribution is 0.0600. The van der Waals surface area contributed by atoms with Crippen molar-refractivity contribution in [2.45, 2.75) is 31.8 Å². The first kappa shape index (κ1) is 12.6. The number of carbonyl (C=O) groups is 1. The predicted octanol–water partition coefficient (Wildman–Crippen LogP) is 2.88. The van der Waals surface area contributed by atoms with Crippen molar-refractivity contribution in [3.05, 3.63) is 33.8 Å². The lowest BCUT2D eigenvalue weighted by Gasteiger charge is -2.12. The number of ether oxygens (including phenoxy) is 1. The van der Waals surface area contributed by atoms with Gasteiger partial charge >= 0.3 is 5.97 Å². The molecule has 0 heterocycles. The Labute approximate surface area is 110 Å². The van der Waals surface area contributed by atoms with E-state index in [0.29, 0.717) is 11.1 Å². The Balaban J connectivity index is 2.06. The first-order valence-corrected chi connectivity index (χ1v) is 6.45. The number of rotatable bonds is 4. The highest BCUT2D eigenvalue weighted by molar-refractivity contribution is 9.10. The molecule has 0 atom stereocenters. The maximum Gasteiger partial charge on any atom is 0.337 e. The topological polar surface area (TPSA) is 38.3 Å². The molecule has 0 amide bonds. The molecule has 0 saturated heterocycles. The predicted molar refractivity (Wildman–Crippen MR) is 70.0 cm³/mol. The second-order valence-corrected chi connectivity index (χ2v) is 5.57. The molecule has 0 aliphatic heterocycles. The van der Waals surface area contributed by atoms with Crippen molar-refractivity contribution >= 4 is 21.9 Å². The van der Waals surface area contributed by atoms with Crippen LogP contribution in [-0.4, -0.2) is 18.6 Å². The van der Waals surface area contributed by atoms with Gasteiger partial charge in [0.15, 0.2) is 0 Å². The van der Waals surface area contributed by atoms with Crippen LogP contribution in [0.4, 0.5) is 0 Å². The van der Waals surface area contributed by atoms with Crippen LogP contribution in [0.3, 0.4) is 0 Å². The highest BCUT2D eigenvalue weighted by atomic mass is 79.9. The van der Waals surface area contributed by atoms with Gasteiger partial charge in [-0.1, -0.05) is 22.0 Å². The van der Waals surface area contributed by atoms with Gasteiger partial charge in [0.05, 0.1) is 12.7 Å². The van der Waals surface area contributed by atoms with E-state index in [-0.39, 0.29) is 5.97 Å². The van der Waals surface area contributed by atoms with E-state index in [1.54, 1.807) is 12.1 Å². The summed E-state index contributed by atoms with van der Waals surface area (Å²) in [5.74, 6) is -0.306. The van der Waals surface area contributed by atoms with Crippen LogP contribution < -0.4 is 5.32 Å². The van der Waals surface area contributed by atoms with Crippen LogP contribution in [0.15, 0.2) is 22.7 Å². The summed E-state index contributed by atoms with van der Waals surface area (Å²) in [6.45, 7) is 3.04. The van der Waals surface area contributed by atoms with E-state index in [9.17, 15) is 4.79 Å². The summed E-state index contributed by atoms with van der Waals surface area (Å²) < 4.78 is 5.62. The number of esters is 1. The summed E-state index contributed by atoms with van der Waals surface area (Å²) in [5.41, 5.74) is 2.05. The number of hydrogen-bond acceptors (Lipinski definition) is 3. The molecule has 1 aliphatic rings. The van der Waals surface area contributed by atoms with Crippen LogP contribution in [-0.2, 0) is 11.3 Å². The molecule has 1 aromatic rings. The molecule has 0 unspecified atom stereocenters. The SMILES string of the molecule is COC(=O)c1ccc(CNC2(C)CC2)c(Br)c1. The summed E-state index contributed by atoms with van der Waals surface area (Å²) in [6.07, 6.45) is 2.48. The molecule has 1 aromatic carbocycles. The maximum absolute atomic E-state index is 11.3. The van der Waals surface area contributed by atoms with Crippen molar-refractivity contribution in [1.29, 1.82) is 0 Å². The number of halogens is 1. The van der Waals surface area contributed by atoms with Crippen LogP contribution >= 0.6 is 15.9 Å². The van der Waals surface area contributed by atoms with Gasteiger partial charge in [-0.05, 0) is 37.5 Å². The second-order valence-electron chi connectivity index (χ2n) is 4.71. The van der Waals surface area contributed by atoms with Gasteiger partial charge in [-0.3, -0.25) is 0 Å². The molecule has 1 fully saturated rings. The average molecular weight is 298 g/mol. The minimum absolute atomic E-state index is 0.306. The molecular weight excluding hydrogens is 282 g/mol. The van der Waals surface area contributed by atoms with Crippen LogP contribution in [0.5, 0.6) is 0 Å². The average Bonchev–Trinajstić information content (AvgIpc) is 3.05. The van der Waals surface area contributed by atoms with Gasteiger partial charge in [-0.25, -0.2) is 4.79 Å². The Hall–Kier alpha value is -0.870. The maximum atomic E-state index is 11.3. The minimum Gasteiger partial charge on any atom is -0.465 e. The van der Waals surface area contributed by atoms with Crippen LogP contribution in [0.2, 0.25) is 0 Å². The lowest BCUT2D eigenvalue weighted by atomic mass is 10.1. The van der Waals surface area contributed by atoms with Gasteiger partial charge in [0, 0.05) is 16.6 Å². The van der Waals surface area contributed by atoms with Gasteiger partial charge in [0.1, 0.15) is 0 Å². The molecule has 3 nitrogen and oxygen atoms in total. The zero-order chi connectivity index (χ0) is 12.5. The summed E-state index contributed by atoms with van der Waals surface area (Å²) in [5, 5.41) is 3.51. The van der Waals surface area contributed by atoms with Crippen LogP contribution in [0.1, 0.15) is 35.7 Å². The first-order valence-electron chi connectivity index (χ1n) is 5.66. The van der Waals surface area contributed by atoms with Crippen molar-refractivity contribution < 1.29 is 9.53 Å². The molecule has 1 aliphatic carbocycles. The monoisotopic (exact) mass is 297 g/mol. The van der Waals surface area contributed by atoms with Gasteiger partial charge in [-0.15, -0.1) is 0 Å². The fourth-order valence-electron chi connectivity index (χ4n) is 1.61. The highest BCUT2D eigenvalue weighted by Crippen LogP contribution is 2.34.